The van der Waals surface area contributed by atoms with Crippen LogP contribution in [-0.2, 0) is 19.5 Å². The molecule has 0 aliphatic rings. The van der Waals surface area contributed by atoms with Crippen LogP contribution in [0.3, 0.4) is 0 Å². The Morgan fingerprint density at radius 3 is 2.78 bits per heavy atom. The van der Waals surface area contributed by atoms with E-state index in [4.69, 9.17) is 0 Å². The first kappa shape index (κ1) is 12.8. The molecule has 0 aliphatic carbocycles. The summed E-state index contributed by atoms with van der Waals surface area (Å²) in [5.74, 6) is 0. The highest BCUT2D eigenvalue weighted by atomic mass is 15.4. The Bertz CT molecular complexity index is 450. The molecule has 0 radical (unpaired) electrons. The van der Waals surface area contributed by atoms with Gasteiger partial charge >= 0.3 is 0 Å². The highest BCUT2D eigenvalue weighted by Crippen LogP contribution is 2.05. The number of hydrogen-bond donors (Lipinski definition) is 1. The lowest BCUT2D eigenvalue weighted by atomic mass is 10.1. The maximum Gasteiger partial charge on any atom is 0.0964 e. The van der Waals surface area contributed by atoms with Crippen molar-refractivity contribution in [2.45, 2.75) is 32.4 Å². The quantitative estimate of drug-likeness (QED) is 0.758. The van der Waals surface area contributed by atoms with E-state index in [0.29, 0.717) is 0 Å². The number of hydrogen-bond acceptors (Lipinski definition) is 3. The smallest absolute Gasteiger partial charge is 0.0964 e. The monoisotopic (exact) mass is 244 g/mol. The second-order valence-corrected chi connectivity index (χ2v) is 4.45. The summed E-state index contributed by atoms with van der Waals surface area (Å²) in [5.41, 5.74) is 2.41. The Labute approximate surface area is 108 Å². The van der Waals surface area contributed by atoms with E-state index in [-0.39, 0.29) is 0 Å². The zero-order valence-corrected chi connectivity index (χ0v) is 10.8. The lowest BCUT2D eigenvalue weighted by Gasteiger charge is -2.01. The summed E-state index contributed by atoms with van der Waals surface area (Å²) in [7, 11) is 1.92. The molecule has 0 bridgehead atoms. The van der Waals surface area contributed by atoms with E-state index >= 15 is 0 Å². The summed E-state index contributed by atoms with van der Waals surface area (Å²) in [4.78, 5) is 0. The van der Waals surface area contributed by atoms with Crippen molar-refractivity contribution in [2.24, 2.45) is 0 Å². The second-order valence-electron chi connectivity index (χ2n) is 4.45. The third-order valence-electron chi connectivity index (χ3n) is 2.89. The number of aromatic nitrogens is 3. The van der Waals surface area contributed by atoms with Crippen molar-refractivity contribution in [1.29, 1.82) is 0 Å². The van der Waals surface area contributed by atoms with Gasteiger partial charge in [-0.1, -0.05) is 35.5 Å². The molecule has 0 saturated heterocycles. The maximum atomic E-state index is 4.11. The minimum Gasteiger partial charge on any atom is -0.314 e. The van der Waals surface area contributed by atoms with Crippen LogP contribution in [0.5, 0.6) is 0 Å². The van der Waals surface area contributed by atoms with Crippen LogP contribution >= 0.6 is 0 Å². The van der Waals surface area contributed by atoms with Crippen molar-refractivity contribution >= 4 is 0 Å². The Hall–Kier alpha value is -1.68. The minimum atomic E-state index is 0.782. The van der Waals surface area contributed by atoms with Gasteiger partial charge in [-0.2, -0.15) is 0 Å². The molecule has 1 aromatic carbocycles. The van der Waals surface area contributed by atoms with Crippen LogP contribution in [0.4, 0.5) is 0 Å². The van der Waals surface area contributed by atoms with Crippen molar-refractivity contribution < 1.29 is 0 Å². The van der Waals surface area contributed by atoms with Gasteiger partial charge in [-0.05, 0) is 31.9 Å². The highest BCUT2D eigenvalue weighted by molar-refractivity contribution is 5.14. The molecule has 4 heteroatoms. The molecule has 0 spiro atoms. The molecule has 96 valence electrons. The van der Waals surface area contributed by atoms with Crippen LogP contribution in [-0.4, -0.2) is 22.0 Å². The maximum absolute atomic E-state index is 4.11. The predicted octanol–water partition coefficient (Wildman–Crippen LogP) is 2.02. The molecule has 4 nitrogen and oxygen atoms in total. The molecular formula is C14H20N4. The third-order valence-corrected chi connectivity index (χ3v) is 2.89. The molecule has 1 N–H and O–H groups in total. The molecule has 1 heterocycles. The average molecular weight is 244 g/mol. The molecule has 0 aliphatic heterocycles. The third kappa shape index (κ3) is 3.96. The van der Waals surface area contributed by atoms with E-state index in [1.54, 1.807) is 0 Å². The van der Waals surface area contributed by atoms with Crippen LogP contribution < -0.4 is 5.32 Å². The standard InChI is InChI=1S/C14H20N4/c1-15-11-14-12-18(17-16-14)10-6-5-9-13-7-3-2-4-8-13/h2-4,7-8,12,15H,5-6,9-11H2,1H3. The molecule has 1 aromatic heterocycles. The van der Waals surface area contributed by atoms with E-state index in [0.717, 1.165) is 31.6 Å². The zero-order chi connectivity index (χ0) is 12.6. The number of nitrogens with one attached hydrogen (secondary N) is 1. The normalized spacial score (nSPS) is 10.7. The molecule has 0 atom stereocenters. The summed E-state index contributed by atoms with van der Waals surface area (Å²) >= 11 is 0. The molecule has 18 heavy (non-hydrogen) atoms. The summed E-state index contributed by atoms with van der Waals surface area (Å²) < 4.78 is 1.93. The average Bonchev–Trinajstić information content (AvgIpc) is 2.84. The van der Waals surface area contributed by atoms with Crippen LogP contribution in [0, 0.1) is 0 Å². The lowest BCUT2D eigenvalue weighted by Crippen LogP contribution is -2.05. The summed E-state index contributed by atoms with van der Waals surface area (Å²) in [6.07, 6.45) is 5.47. The number of benzene rings is 1. The summed E-state index contributed by atoms with van der Waals surface area (Å²) in [6.45, 7) is 1.73. The molecule has 2 aromatic rings. The molecule has 0 amide bonds. The van der Waals surface area contributed by atoms with E-state index < -0.39 is 0 Å². The van der Waals surface area contributed by atoms with Gasteiger partial charge in [-0.25, -0.2) is 0 Å². The van der Waals surface area contributed by atoms with Gasteiger partial charge in [0.15, 0.2) is 0 Å². The second kappa shape index (κ2) is 6.91. The van der Waals surface area contributed by atoms with Crippen molar-refractivity contribution in [3.05, 3.63) is 47.8 Å². The Morgan fingerprint density at radius 2 is 2.00 bits per heavy atom. The first-order valence-corrected chi connectivity index (χ1v) is 6.46. The molecule has 0 saturated carbocycles. The van der Waals surface area contributed by atoms with Gasteiger partial charge in [-0.15, -0.1) is 5.10 Å². The largest absolute Gasteiger partial charge is 0.314 e. The van der Waals surface area contributed by atoms with Crippen LogP contribution in [0.1, 0.15) is 24.1 Å². The topological polar surface area (TPSA) is 42.7 Å². The fourth-order valence-electron chi connectivity index (χ4n) is 1.96. The van der Waals surface area contributed by atoms with Gasteiger partial charge in [0.05, 0.1) is 5.69 Å². The fourth-order valence-corrected chi connectivity index (χ4v) is 1.96. The van der Waals surface area contributed by atoms with E-state index in [1.165, 1.54) is 12.0 Å². The van der Waals surface area contributed by atoms with Crippen molar-refractivity contribution in [2.75, 3.05) is 7.05 Å². The van der Waals surface area contributed by atoms with Crippen LogP contribution in [0.2, 0.25) is 0 Å². The van der Waals surface area contributed by atoms with Gasteiger partial charge in [0, 0.05) is 19.3 Å². The lowest BCUT2D eigenvalue weighted by molar-refractivity contribution is 0.541. The molecular weight excluding hydrogens is 224 g/mol. The number of nitrogens with zero attached hydrogens (tertiary/aromatic N) is 3. The van der Waals surface area contributed by atoms with E-state index in [1.807, 2.05) is 17.9 Å². The Morgan fingerprint density at radius 1 is 1.17 bits per heavy atom. The highest BCUT2D eigenvalue weighted by Gasteiger charge is 1.99. The number of aryl methyl sites for hydroxylation is 2. The number of rotatable bonds is 7. The molecule has 0 fully saturated rings. The minimum absolute atomic E-state index is 0.782. The Kier molecular flexibility index (Phi) is 4.90. The molecule has 2 rings (SSSR count). The van der Waals surface area contributed by atoms with E-state index in [2.05, 4.69) is 46.0 Å². The van der Waals surface area contributed by atoms with Crippen molar-refractivity contribution in [3.63, 3.8) is 0 Å². The number of unbranched alkanes of at least 4 members (excludes halogenated alkanes) is 1. The van der Waals surface area contributed by atoms with Gasteiger partial charge in [0.2, 0.25) is 0 Å². The van der Waals surface area contributed by atoms with E-state index in [9.17, 15) is 0 Å². The zero-order valence-electron chi connectivity index (χ0n) is 10.8. The summed E-state index contributed by atoms with van der Waals surface area (Å²) in [6, 6.07) is 10.6. The summed E-state index contributed by atoms with van der Waals surface area (Å²) in [5, 5.41) is 11.3. The first-order chi connectivity index (χ1) is 8.88. The van der Waals surface area contributed by atoms with Gasteiger partial charge in [-0.3, -0.25) is 4.68 Å². The van der Waals surface area contributed by atoms with Gasteiger partial charge in [0.25, 0.3) is 0 Å². The predicted molar refractivity (Wildman–Crippen MR) is 72.2 cm³/mol. The molecule has 0 unspecified atom stereocenters. The van der Waals surface area contributed by atoms with Crippen molar-refractivity contribution in [1.82, 2.24) is 20.3 Å². The van der Waals surface area contributed by atoms with Crippen LogP contribution in [0.25, 0.3) is 0 Å². The van der Waals surface area contributed by atoms with Gasteiger partial charge in [0.1, 0.15) is 0 Å². The van der Waals surface area contributed by atoms with Gasteiger partial charge < -0.3 is 5.32 Å². The fraction of sp³-hybridized carbons (Fsp3) is 0.429. The SMILES string of the molecule is CNCc1cn(CCCCc2ccccc2)nn1. The van der Waals surface area contributed by atoms with Crippen LogP contribution in [0.15, 0.2) is 36.5 Å². The first-order valence-electron chi connectivity index (χ1n) is 6.46. The Balaban J connectivity index is 1.68. The van der Waals surface area contributed by atoms with Crippen molar-refractivity contribution in [3.8, 4) is 0 Å².